The summed E-state index contributed by atoms with van der Waals surface area (Å²) in [5.41, 5.74) is 0.895. The molecule has 98 valence electrons. The Balaban J connectivity index is 2.29. The van der Waals surface area contributed by atoms with E-state index in [1.165, 1.54) is 0 Å². The zero-order valence-corrected chi connectivity index (χ0v) is 11.0. The van der Waals surface area contributed by atoms with Gasteiger partial charge in [0, 0.05) is 32.4 Å². The van der Waals surface area contributed by atoms with Gasteiger partial charge in [-0.25, -0.2) is 4.98 Å². The number of likely N-dealkylation sites (N-methyl/N-ethyl adjacent to an activating group) is 1. The fourth-order valence-electron chi connectivity index (χ4n) is 2.29. The zero-order chi connectivity index (χ0) is 13.1. The molecular formula is C12H19N5O. The lowest BCUT2D eigenvalue weighted by atomic mass is 10.2. The second-order valence-corrected chi connectivity index (χ2v) is 4.41. The number of nitrogens with zero attached hydrogens (tertiary/aromatic N) is 3. The van der Waals surface area contributed by atoms with Crippen molar-refractivity contribution in [3.63, 3.8) is 0 Å². The van der Waals surface area contributed by atoms with Crippen molar-refractivity contribution in [3.8, 4) is 0 Å². The predicted octanol–water partition coefficient (Wildman–Crippen LogP) is 0.542. The summed E-state index contributed by atoms with van der Waals surface area (Å²) in [7, 11) is 3.46. The van der Waals surface area contributed by atoms with E-state index in [1.807, 2.05) is 17.9 Å². The van der Waals surface area contributed by atoms with Crippen LogP contribution in [-0.4, -0.2) is 42.6 Å². The number of nitrogens with one attached hydrogen (secondary N) is 2. The number of hydrogen-bond donors (Lipinski definition) is 2. The highest BCUT2D eigenvalue weighted by Crippen LogP contribution is 2.25. The second kappa shape index (κ2) is 5.20. The molecule has 0 bridgehead atoms. The molecule has 1 atom stereocenters. The van der Waals surface area contributed by atoms with Crippen molar-refractivity contribution in [2.24, 2.45) is 0 Å². The van der Waals surface area contributed by atoms with Gasteiger partial charge in [-0.2, -0.15) is 4.98 Å². The number of aryl methyl sites for hydroxylation is 1. The summed E-state index contributed by atoms with van der Waals surface area (Å²) >= 11 is 0. The quantitative estimate of drug-likeness (QED) is 0.818. The largest absolute Gasteiger partial charge is 0.357 e. The Morgan fingerprint density at radius 1 is 1.44 bits per heavy atom. The Labute approximate surface area is 107 Å². The average molecular weight is 249 g/mol. The van der Waals surface area contributed by atoms with Crippen LogP contribution >= 0.6 is 0 Å². The molecule has 1 aliphatic rings. The minimum Gasteiger partial charge on any atom is -0.357 e. The third-order valence-corrected chi connectivity index (χ3v) is 3.16. The van der Waals surface area contributed by atoms with Crippen LogP contribution in [0.2, 0.25) is 0 Å². The second-order valence-electron chi connectivity index (χ2n) is 4.41. The van der Waals surface area contributed by atoms with Gasteiger partial charge in [-0.3, -0.25) is 4.79 Å². The van der Waals surface area contributed by atoms with Crippen LogP contribution in [0.5, 0.6) is 0 Å². The van der Waals surface area contributed by atoms with Gasteiger partial charge in [0.25, 0.3) is 0 Å². The Hall–Kier alpha value is -1.85. The molecule has 2 rings (SSSR count). The van der Waals surface area contributed by atoms with Gasteiger partial charge in [0.2, 0.25) is 11.9 Å². The Morgan fingerprint density at radius 2 is 2.22 bits per heavy atom. The smallest absolute Gasteiger partial charge is 0.242 e. The van der Waals surface area contributed by atoms with Gasteiger partial charge in [0.15, 0.2) is 0 Å². The van der Waals surface area contributed by atoms with Crippen LogP contribution in [0.25, 0.3) is 0 Å². The van der Waals surface area contributed by atoms with Crippen LogP contribution < -0.4 is 15.5 Å². The summed E-state index contributed by atoms with van der Waals surface area (Å²) in [6.07, 6.45) is 1.88. The van der Waals surface area contributed by atoms with E-state index in [1.54, 1.807) is 14.1 Å². The lowest BCUT2D eigenvalue weighted by Gasteiger charge is -2.24. The molecule has 18 heavy (non-hydrogen) atoms. The monoisotopic (exact) mass is 249 g/mol. The van der Waals surface area contributed by atoms with Gasteiger partial charge in [0.1, 0.15) is 11.9 Å². The van der Waals surface area contributed by atoms with Crippen molar-refractivity contribution < 1.29 is 4.79 Å². The fourth-order valence-corrected chi connectivity index (χ4v) is 2.29. The van der Waals surface area contributed by atoms with Crippen molar-refractivity contribution in [2.45, 2.75) is 25.8 Å². The minimum absolute atomic E-state index is 0.0507. The van der Waals surface area contributed by atoms with E-state index in [0.29, 0.717) is 5.95 Å². The normalized spacial score (nSPS) is 18.8. The highest BCUT2D eigenvalue weighted by Gasteiger charge is 2.31. The lowest BCUT2D eigenvalue weighted by Crippen LogP contribution is -2.42. The summed E-state index contributed by atoms with van der Waals surface area (Å²) in [5.74, 6) is 1.46. The first-order valence-corrected chi connectivity index (χ1v) is 6.17. The molecule has 2 N–H and O–H groups in total. The molecule has 1 fully saturated rings. The van der Waals surface area contributed by atoms with Crippen LogP contribution in [0.1, 0.15) is 18.5 Å². The molecule has 1 saturated heterocycles. The van der Waals surface area contributed by atoms with Crippen LogP contribution in [-0.2, 0) is 4.79 Å². The van der Waals surface area contributed by atoms with Crippen LogP contribution in [0.15, 0.2) is 6.07 Å². The van der Waals surface area contributed by atoms with Crippen molar-refractivity contribution in [1.82, 2.24) is 15.3 Å². The summed E-state index contributed by atoms with van der Waals surface area (Å²) < 4.78 is 0. The van der Waals surface area contributed by atoms with Crippen molar-refractivity contribution in [2.75, 3.05) is 30.9 Å². The Kier molecular flexibility index (Phi) is 3.64. The molecular weight excluding hydrogens is 230 g/mol. The Bertz CT molecular complexity index is 448. The van der Waals surface area contributed by atoms with Crippen LogP contribution in [0.3, 0.4) is 0 Å². The van der Waals surface area contributed by atoms with Crippen molar-refractivity contribution in [3.05, 3.63) is 11.8 Å². The molecule has 1 unspecified atom stereocenters. The zero-order valence-electron chi connectivity index (χ0n) is 11.0. The third kappa shape index (κ3) is 2.37. The molecule has 0 aliphatic carbocycles. The molecule has 0 radical (unpaired) electrons. The van der Waals surface area contributed by atoms with Gasteiger partial charge >= 0.3 is 0 Å². The molecule has 1 amide bonds. The molecule has 0 spiro atoms. The Morgan fingerprint density at radius 3 is 2.89 bits per heavy atom. The predicted molar refractivity (Wildman–Crippen MR) is 70.8 cm³/mol. The van der Waals surface area contributed by atoms with Gasteiger partial charge in [-0.15, -0.1) is 0 Å². The molecule has 0 saturated carbocycles. The van der Waals surface area contributed by atoms with Gasteiger partial charge in [-0.1, -0.05) is 0 Å². The van der Waals surface area contributed by atoms with Crippen molar-refractivity contribution in [1.29, 1.82) is 0 Å². The van der Waals surface area contributed by atoms with E-state index in [2.05, 4.69) is 20.6 Å². The van der Waals surface area contributed by atoms with E-state index in [4.69, 9.17) is 0 Å². The first-order valence-electron chi connectivity index (χ1n) is 6.17. The number of amides is 1. The average Bonchev–Trinajstić information content (AvgIpc) is 2.86. The van der Waals surface area contributed by atoms with E-state index in [0.717, 1.165) is 30.9 Å². The fraction of sp³-hybridized carbons (Fsp3) is 0.583. The van der Waals surface area contributed by atoms with E-state index >= 15 is 0 Å². The minimum atomic E-state index is -0.117. The number of rotatable bonds is 3. The number of carbonyl (C=O) groups excluding carboxylic acids is 1. The summed E-state index contributed by atoms with van der Waals surface area (Å²) in [4.78, 5) is 22.6. The standard InChI is InChI=1S/C12H19N5O/c1-8-7-10(16-12(14-3)15-8)17-6-4-5-9(17)11(18)13-2/h7,9H,4-6H2,1-3H3,(H,13,18)(H,14,15,16). The first kappa shape index (κ1) is 12.6. The van der Waals surface area contributed by atoms with Gasteiger partial charge in [0.05, 0.1) is 0 Å². The number of hydrogen-bond acceptors (Lipinski definition) is 5. The highest BCUT2D eigenvalue weighted by molar-refractivity contribution is 5.85. The summed E-state index contributed by atoms with van der Waals surface area (Å²) in [6, 6.07) is 1.80. The lowest BCUT2D eigenvalue weighted by molar-refractivity contribution is -0.121. The van der Waals surface area contributed by atoms with E-state index < -0.39 is 0 Å². The number of carbonyl (C=O) groups is 1. The highest BCUT2D eigenvalue weighted by atomic mass is 16.2. The van der Waals surface area contributed by atoms with E-state index in [9.17, 15) is 4.79 Å². The van der Waals surface area contributed by atoms with Gasteiger partial charge in [-0.05, 0) is 19.8 Å². The maximum Gasteiger partial charge on any atom is 0.242 e. The molecule has 1 aromatic rings. The molecule has 0 aromatic carbocycles. The van der Waals surface area contributed by atoms with Gasteiger partial charge < -0.3 is 15.5 Å². The number of anilines is 2. The molecule has 2 heterocycles. The molecule has 1 aliphatic heterocycles. The van der Waals surface area contributed by atoms with Crippen molar-refractivity contribution >= 4 is 17.7 Å². The first-order chi connectivity index (χ1) is 8.65. The molecule has 1 aromatic heterocycles. The topological polar surface area (TPSA) is 70.2 Å². The summed E-state index contributed by atoms with van der Waals surface area (Å²) in [6.45, 7) is 2.79. The SMILES string of the molecule is CNC(=O)C1CCCN1c1cc(C)nc(NC)n1. The van der Waals surface area contributed by atoms with Crippen LogP contribution in [0, 0.1) is 6.92 Å². The molecule has 6 nitrogen and oxygen atoms in total. The maximum absolute atomic E-state index is 11.8. The van der Waals surface area contributed by atoms with E-state index in [-0.39, 0.29) is 11.9 Å². The third-order valence-electron chi connectivity index (χ3n) is 3.16. The molecule has 6 heteroatoms. The number of aromatic nitrogens is 2. The van der Waals surface area contributed by atoms with Crippen LogP contribution in [0.4, 0.5) is 11.8 Å². The summed E-state index contributed by atoms with van der Waals surface area (Å²) in [5, 5.41) is 5.65. The maximum atomic E-state index is 11.8.